The average Bonchev–Trinajstić information content (AvgIpc) is 3.70. The summed E-state index contributed by atoms with van der Waals surface area (Å²) >= 11 is 0. The zero-order chi connectivity index (χ0) is 35.5. The van der Waals surface area contributed by atoms with E-state index in [1.54, 1.807) is 0 Å². The molecule has 0 radical (unpaired) electrons. The Morgan fingerprint density at radius 3 is 1.73 bits per heavy atom. The first-order valence-electron chi connectivity index (χ1n) is 17.8. The number of likely N-dealkylation sites (tertiary alicyclic amines) is 1. The Kier molecular flexibility index (Phi) is 11.8. The lowest BCUT2D eigenvalue weighted by Crippen LogP contribution is -2.50. The van der Waals surface area contributed by atoms with Crippen LogP contribution in [-0.2, 0) is 15.1 Å². The summed E-state index contributed by atoms with van der Waals surface area (Å²) in [6.07, 6.45) is 6.23. The van der Waals surface area contributed by atoms with Gasteiger partial charge >= 0.3 is 5.97 Å². The summed E-state index contributed by atoms with van der Waals surface area (Å²) in [5.74, 6) is 0.207. The van der Waals surface area contributed by atoms with Crippen LogP contribution in [0.5, 0.6) is 5.75 Å². The van der Waals surface area contributed by atoms with Crippen molar-refractivity contribution in [3.63, 3.8) is 0 Å². The molecule has 0 aromatic heterocycles. The molecule has 6 heteroatoms. The molecule has 0 bridgehead atoms. The van der Waals surface area contributed by atoms with E-state index in [1.807, 2.05) is 89.8 Å². The third-order valence-corrected chi connectivity index (χ3v) is 9.68. The molecule has 1 fully saturated rings. The van der Waals surface area contributed by atoms with E-state index in [9.17, 15) is 14.7 Å². The molecule has 0 saturated carbocycles. The second-order valence-corrected chi connectivity index (χ2v) is 13.0. The summed E-state index contributed by atoms with van der Waals surface area (Å²) in [6.45, 7) is 4.92. The van der Waals surface area contributed by atoms with E-state index in [2.05, 4.69) is 55.1 Å². The standard InChI is InChI=1S/C45H45NO5/c1-2-43(47)51-33-12-4-3-11-32-50-41-29-23-38(24-30-41)44(48)46-31-13-18-42(46)45(49,39-25-19-36(20-26-39)34-14-7-5-8-15-34)40-27-21-37(22-28-40)35-16-9-6-10-17-35/h2,5-10,14-17,19-30,42,49H,1,3-4,11-13,18,31-33H2/t42-/m0/s1. The molecule has 5 aromatic rings. The lowest BCUT2D eigenvalue weighted by Gasteiger charge is -2.40. The number of benzene rings is 5. The molecular weight excluding hydrogens is 634 g/mol. The molecule has 5 aromatic carbocycles. The second-order valence-electron chi connectivity index (χ2n) is 13.0. The second kappa shape index (κ2) is 17.0. The van der Waals surface area contributed by atoms with E-state index in [0.717, 1.165) is 65.5 Å². The van der Waals surface area contributed by atoms with Crippen LogP contribution in [0.3, 0.4) is 0 Å². The van der Waals surface area contributed by atoms with Crippen molar-refractivity contribution in [2.24, 2.45) is 0 Å². The van der Waals surface area contributed by atoms with Crippen LogP contribution >= 0.6 is 0 Å². The smallest absolute Gasteiger partial charge is 0.330 e. The summed E-state index contributed by atoms with van der Waals surface area (Å²) in [4.78, 5) is 27.1. The number of hydrogen-bond acceptors (Lipinski definition) is 5. The molecule has 0 unspecified atom stereocenters. The van der Waals surface area contributed by atoms with Gasteiger partial charge in [0.05, 0.1) is 19.3 Å². The molecular formula is C45H45NO5. The minimum absolute atomic E-state index is 0.110. The molecule has 260 valence electrons. The van der Waals surface area contributed by atoms with E-state index in [1.165, 1.54) is 6.08 Å². The maximum Gasteiger partial charge on any atom is 0.330 e. The number of esters is 1. The van der Waals surface area contributed by atoms with Crippen molar-refractivity contribution in [1.82, 2.24) is 4.90 Å². The quantitative estimate of drug-likeness (QED) is 0.0679. The fraction of sp³-hybridized carbons (Fsp3) is 0.244. The van der Waals surface area contributed by atoms with Gasteiger partial charge < -0.3 is 19.5 Å². The van der Waals surface area contributed by atoms with Crippen LogP contribution in [0.2, 0.25) is 0 Å². The number of carbonyl (C=O) groups is 2. The summed E-state index contributed by atoms with van der Waals surface area (Å²) < 4.78 is 10.9. The first-order valence-corrected chi connectivity index (χ1v) is 17.8. The Morgan fingerprint density at radius 2 is 1.20 bits per heavy atom. The van der Waals surface area contributed by atoms with Crippen LogP contribution in [-0.4, -0.2) is 47.7 Å². The van der Waals surface area contributed by atoms with Crippen LogP contribution in [0.1, 0.15) is 60.0 Å². The van der Waals surface area contributed by atoms with Gasteiger partial charge in [-0.3, -0.25) is 4.79 Å². The zero-order valence-corrected chi connectivity index (χ0v) is 29.0. The van der Waals surface area contributed by atoms with Gasteiger partial charge in [0.1, 0.15) is 11.4 Å². The first kappa shape index (κ1) is 35.4. The van der Waals surface area contributed by atoms with Crippen LogP contribution in [0.25, 0.3) is 22.3 Å². The van der Waals surface area contributed by atoms with E-state index in [-0.39, 0.29) is 11.9 Å². The van der Waals surface area contributed by atoms with Gasteiger partial charge in [-0.25, -0.2) is 4.79 Å². The minimum atomic E-state index is -1.44. The van der Waals surface area contributed by atoms with Crippen molar-refractivity contribution in [3.05, 3.63) is 163 Å². The van der Waals surface area contributed by atoms with Crippen molar-refractivity contribution in [3.8, 4) is 28.0 Å². The molecule has 51 heavy (non-hydrogen) atoms. The predicted molar refractivity (Wildman–Crippen MR) is 202 cm³/mol. The number of amides is 1. The number of ether oxygens (including phenoxy) is 2. The van der Waals surface area contributed by atoms with Gasteiger partial charge in [0.15, 0.2) is 0 Å². The highest BCUT2D eigenvalue weighted by molar-refractivity contribution is 5.95. The summed E-state index contributed by atoms with van der Waals surface area (Å²) in [5, 5.41) is 13.0. The zero-order valence-electron chi connectivity index (χ0n) is 29.0. The van der Waals surface area contributed by atoms with Gasteiger partial charge in [0.25, 0.3) is 5.91 Å². The van der Waals surface area contributed by atoms with E-state index in [0.29, 0.717) is 37.5 Å². The van der Waals surface area contributed by atoms with Crippen molar-refractivity contribution in [2.75, 3.05) is 19.8 Å². The van der Waals surface area contributed by atoms with Gasteiger partial charge in [-0.2, -0.15) is 0 Å². The maximum atomic E-state index is 14.1. The number of nitrogens with zero attached hydrogens (tertiary/aromatic N) is 1. The largest absolute Gasteiger partial charge is 0.494 e. The molecule has 0 aliphatic carbocycles. The predicted octanol–water partition coefficient (Wildman–Crippen LogP) is 9.23. The Labute approximate surface area is 301 Å². The fourth-order valence-corrected chi connectivity index (χ4v) is 6.93. The van der Waals surface area contributed by atoms with E-state index >= 15 is 0 Å². The van der Waals surface area contributed by atoms with Crippen molar-refractivity contribution in [1.29, 1.82) is 0 Å². The molecule has 1 N–H and O–H groups in total. The minimum Gasteiger partial charge on any atom is -0.494 e. The Hall–Kier alpha value is -5.46. The fourth-order valence-electron chi connectivity index (χ4n) is 6.93. The van der Waals surface area contributed by atoms with Crippen LogP contribution in [0.4, 0.5) is 0 Å². The Balaban J connectivity index is 1.18. The summed E-state index contributed by atoms with van der Waals surface area (Å²) in [6, 6.07) is 43.4. The highest BCUT2D eigenvalue weighted by atomic mass is 16.5. The topological polar surface area (TPSA) is 76.1 Å². The summed E-state index contributed by atoms with van der Waals surface area (Å²) in [7, 11) is 0. The van der Waals surface area contributed by atoms with E-state index in [4.69, 9.17) is 9.47 Å². The number of unbranched alkanes of at least 4 members (excludes halogenated alkanes) is 3. The molecule has 1 heterocycles. The van der Waals surface area contributed by atoms with Gasteiger partial charge in [0.2, 0.25) is 0 Å². The monoisotopic (exact) mass is 679 g/mol. The normalized spacial score (nSPS) is 14.2. The molecule has 6 nitrogen and oxygen atoms in total. The van der Waals surface area contributed by atoms with Crippen LogP contribution in [0, 0.1) is 0 Å². The summed E-state index contributed by atoms with van der Waals surface area (Å²) in [5.41, 5.74) is 4.96. The van der Waals surface area contributed by atoms with Crippen molar-refractivity contribution in [2.45, 2.75) is 50.2 Å². The van der Waals surface area contributed by atoms with Crippen LogP contribution < -0.4 is 4.74 Å². The molecule has 0 spiro atoms. The van der Waals surface area contributed by atoms with Crippen molar-refractivity contribution < 1.29 is 24.2 Å². The third-order valence-electron chi connectivity index (χ3n) is 9.68. The molecule has 6 rings (SSSR count). The maximum absolute atomic E-state index is 14.1. The van der Waals surface area contributed by atoms with Gasteiger partial charge in [-0.05, 0) is 96.2 Å². The molecule has 1 atom stereocenters. The van der Waals surface area contributed by atoms with Gasteiger partial charge in [-0.1, -0.05) is 116 Å². The number of rotatable bonds is 15. The third kappa shape index (κ3) is 8.47. The number of aliphatic hydroxyl groups is 1. The highest BCUT2D eigenvalue weighted by Gasteiger charge is 2.47. The number of hydrogen-bond donors (Lipinski definition) is 1. The lowest BCUT2D eigenvalue weighted by molar-refractivity contribution is -0.137. The van der Waals surface area contributed by atoms with Gasteiger partial charge in [0, 0.05) is 18.2 Å². The molecule has 1 amide bonds. The molecule has 1 aliphatic heterocycles. The molecule has 1 saturated heterocycles. The Morgan fingerprint density at radius 1 is 0.686 bits per heavy atom. The van der Waals surface area contributed by atoms with Crippen LogP contribution in [0.15, 0.2) is 146 Å². The highest BCUT2D eigenvalue weighted by Crippen LogP contribution is 2.42. The molecule has 1 aliphatic rings. The SMILES string of the molecule is C=CC(=O)OCCCCCCOc1ccc(C(=O)N2CCC[C@H]2C(O)(c2ccc(-c3ccccc3)cc2)c2ccc(-c3ccccc3)cc2)cc1. The van der Waals surface area contributed by atoms with E-state index < -0.39 is 11.6 Å². The lowest BCUT2D eigenvalue weighted by atomic mass is 9.78. The van der Waals surface area contributed by atoms with Gasteiger partial charge in [-0.15, -0.1) is 0 Å². The average molecular weight is 680 g/mol. The van der Waals surface area contributed by atoms with Crippen molar-refractivity contribution >= 4 is 11.9 Å². The first-order chi connectivity index (χ1) is 25.0. The number of carbonyl (C=O) groups excluding carboxylic acids is 2. The Bertz CT molecular complexity index is 1790.